The van der Waals surface area contributed by atoms with Crippen LogP contribution in [-0.4, -0.2) is 41.5 Å². The Balaban J connectivity index is 1.35. The first-order valence-corrected chi connectivity index (χ1v) is 16.5. The highest BCUT2D eigenvalue weighted by molar-refractivity contribution is 7.21. The van der Waals surface area contributed by atoms with Crippen molar-refractivity contribution in [3.63, 3.8) is 0 Å². The van der Waals surface area contributed by atoms with E-state index in [1.165, 1.54) is 45.5 Å². The van der Waals surface area contributed by atoms with Crippen molar-refractivity contribution >= 4 is 49.7 Å². The van der Waals surface area contributed by atoms with E-state index in [9.17, 15) is 9.18 Å². The molecule has 5 rings (SSSR count). The Morgan fingerprint density at radius 2 is 1.58 bits per heavy atom. The second-order valence-electron chi connectivity index (χ2n) is 11.9. The van der Waals surface area contributed by atoms with E-state index in [0.29, 0.717) is 27.7 Å². The number of carbonyl (C=O) groups is 1. The van der Waals surface area contributed by atoms with Crippen molar-refractivity contribution in [2.75, 3.05) is 26.2 Å². The average molecular weight is 616 g/mol. The van der Waals surface area contributed by atoms with Crippen LogP contribution >= 0.6 is 22.9 Å². The monoisotopic (exact) mass is 615 g/mol. The van der Waals surface area contributed by atoms with E-state index >= 15 is 0 Å². The molecule has 1 amide bonds. The quantitative estimate of drug-likeness (QED) is 0.101. The van der Waals surface area contributed by atoms with Crippen molar-refractivity contribution in [3.05, 3.63) is 117 Å². The number of aryl methyl sites for hydroxylation is 2. The standard InChI is InChI=1S/C37H41ClFN2OS/c1-5-41(6-2,25-29-20-26(3)19-27(4)21-29)18-10-9-17-40(24-28-13-14-30-11-7-8-12-31(30)22-28)37(42)36-35(38)33-16-15-32(39)23-34(33)43-36/h7-8,11-16,19-23H,5-6,9-10,17-18,24-25H2,1-4H3/q+1. The Kier molecular flexibility index (Phi) is 9.85. The molecule has 0 aliphatic heterocycles. The number of hydrogen-bond donors (Lipinski definition) is 0. The van der Waals surface area contributed by atoms with Gasteiger partial charge in [-0.05, 0) is 81.1 Å². The maximum Gasteiger partial charge on any atom is 0.265 e. The highest BCUT2D eigenvalue weighted by Gasteiger charge is 2.26. The van der Waals surface area contributed by atoms with Gasteiger partial charge in [-0.3, -0.25) is 4.79 Å². The van der Waals surface area contributed by atoms with Gasteiger partial charge in [-0.1, -0.05) is 77.3 Å². The molecule has 0 saturated carbocycles. The third-order valence-corrected chi connectivity index (χ3v) is 10.4. The predicted octanol–water partition coefficient (Wildman–Crippen LogP) is 9.94. The van der Waals surface area contributed by atoms with E-state index in [0.717, 1.165) is 59.8 Å². The van der Waals surface area contributed by atoms with E-state index in [4.69, 9.17) is 11.6 Å². The number of halogens is 2. The first kappa shape index (κ1) is 31.2. The molecule has 0 saturated heterocycles. The van der Waals surface area contributed by atoms with Gasteiger partial charge in [-0.2, -0.15) is 0 Å². The van der Waals surface area contributed by atoms with E-state index in [1.54, 1.807) is 6.07 Å². The van der Waals surface area contributed by atoms with E-state index in [2.05, 4.69) is 76.2 Å². The zero-order chi connectivity index (χ0) is 30.6. The molecule has 43 heavy (non-hydrogen) atoms. The number of carbonyl (C=O) groups excluding carboxylic acids is 1. The smallest absolute Gasteiger partial charge is 0.265 e. The number of benzene rings is 4. The second-order valence-corrected chi connectivity index (χ2v) is 13.3. The van der Waals surface area contributed by atoms with Crippen LogP contribution in [0.4, 0.5) is 4.39 Å². The van der Waals surface area contributed by atoms with Gasteiger partial charge < -0.3 is 9.38 Å². The molecule has 0 unspecified atom stereocenters. The minimum atomic E-state index is -0.327. The maximum absolute atomic E-state index is 14.1. The van der Waals surface area contributed by atoms with Gasteiger partial charge >= 0.3 is 0 Å². The van der Waals surface area contributed by atoms with E-state index in [1.807, 2.05) is 17.0 Å². The summed E-state index contributed by atoms with van der Waals surface area (Å²) in [4.78, 5) is 16.5. The molecule has 4 aromatic carbocycles. The molecule has 1 aromatic heterocycles. The van der Waals surface area contributed by atoms with Crippen LogP contribution in [0.5, 0.6) is 0 Å². The van der Waals surface area contributed by atoms with Crippen LogP contribution in [0.1, 0.15) is 58.6 Å². The molecule has 0 N–H and O–H groups in total. The molecule has 0 spiro atoms. The fraction of sp³-hybridized carbons (Fsp3) is 0.324. The number of nitrogens with zero attached hydrogens (tertiary/aromatic N) is 2. The topological polar surface area (TPSA) is 20.3 Å². The highest BCUT2D eigenvalue weighted by Crippen LogP contribution is 2.37. The highest BCUT2D eigenvalue weighted by atomic mass is 35.5. The van der Waals surface area contributed by atoms with Crippen molar-refractivity contribution in [1.82, 2.24) is 4.90 Å². The van der Waals surface area contributed by atoms with Crippen LogP contribution in [0, 0.1) is 19.7 Å². The van der Waals surface area contributed by atoms with Crippen LogP contribution in [0.2, 0.25) is 5.02 Å². The molecule has 6 heteroatoms. The summed E-state index contributed by atoms with van der Waals surface area (Å²) in [7, 11) is 0. The predicted molar refractivity (Wildman–Crippen MR) is 181 cm³/mol. The van der Waals surface area contributed by atoms with Gasteiger partial charge in [-0.15, -0.1) is 11.3 Å². The third kappa shape index (κ3) is 7.29. The number of amides is 1. The van der Waals surface area contributed by atoms with Gasteiger partial charge in [0.2, 0.25) is 0 Å². The molecule has 3 nitrogen and oxygen atoms in total. The molecule has 0 bridgehead atoms. The molecule has 1 heterocycles. The van der Waals surface area contributed by atoms with Crippen molar-refractivity contribution in [3.8, 4) is 0 Å². The van der Waals surface area contributed by atoms with Crippen molar-refractivity contribution < 1.29 is 13.7 Å². The summed E-state index contributed by atoms with van der Waals surface area (Å²) >= 11 is 8.00. The van der Waals surface area contributed by atoms with Crippen LogP contribution < -0.4 is 0 Å². The molecule has 0 aliphatic carbocycles. The van der Waals surface area contributed by atoms with Crippen LogP contribution in [0.15, 0.2) is 78.9 Å². The third-order valence-electron chi connectivity index (χ3n) is 8.71. The SMILES string of the molecule is CC[N+](CC)(CCCCN(Cc1ccc2ccccc2c1)C(=O)c1sc2cc(F)ccc2c1Cl)Cc1cc(C)cc(C)c1. The van der Waals surface area contributed by atoms with E-state index in [-0.39, 0.29) is 11.7 Å². The molecule has 0 radical (unpaired) electrons. The number of rotatable bonds is 12. The van der Waals surface area contributed by atoms with Crippen LogP contribution in [0.25, 0.3) is 20.9 Å². The summed E-state index contributed by atoms with van der Waals surface area (Å²) in [6, 6.07) is 26.0. The Morgan fingerprint density at radius 1 is 0.860 bits per heavy atom. The molecule has 224 valence electrons. The Bertz CT molecular complexity index is 1720. The molecular weight excluding hydrogens is 575 g/mol. The lowest BCUT2D eigenvalue weighted by molar-refractivity contribution is -0.938. The Labute approximate surface area is 264 Å². The number of quaternary nitrogens is 1. The molecular formula is C37H41ClFN2OS+. The number of unbranched alkanes of at least 4 members (excludes halogenated alkanes) is 1. The lowest BCUT2D eigenvalue weighted by atomic mass is 10.1. The summed E-state index contributed by atoms with van der Waals surface area (Å²) in [5.74, 6) is -0.423. The summed E-state index contributed by atoms with van der Waals surface area (Å²) in [6.45, 7) is 14.2. The maximum atomic E-state index is 14.1. The van der Waals surface area contributed by atoms with Crippen LogP contribution in [-0.2, 0) is 13.1 Å². The zero-order valence-corrected chi connectivity index (χ0v) is 27.2. The van der Waals surface area contributed by atoms with Gasteiger partial charge in [-0.25, -0.2) is 4.39 Å². The normalized spacial score (nSPS) is 11.9. The van der Waals surface area contributed by atoms with Gasteiger partial charge in [0.25, 0.3) is 5.91 Å². The van der Waals surface area contributed by atoms with Crippen molar-refractivity contribution in [1.29, 1.82) is 0 Å². The number of fused-ring (bicyclic) bond motifs is 2. The lowest BCUT2D eigenvalue weighted by Gasteiger charge is -2.37. The average Bonchev–Trinajstić information content (AvgIpc) is 3.32. The minimum absolute atomic E-state index is 0.0956. The molecule has 0 fully saturated rings. The van der Waals surface area contributed by atoms with Gasteiger partial charge in [0.15, 0.2) is 0 Å². The molecule has 0 aliphatic rings. The number of hydrogen-bond acceptors (Lipinski definition) is 2. The fourth-order valence-electron chi connectivity index (χ4n) is 6.27. The Hall–Kier alpha value is -3.25. The second kappa shape index (κ2) is 13.6. The summed E-state index contributed by atoms with van der Waals surface area (Å²) in [6.07, 6.45) is 1.91. The van der Waals surface area contributed by atoms with Crippen molar-refractivity contribution in [2.45, 2.75) is 53.6 Å². The van der Waals surface area contributed by atoms with Gasteiger partial charge in [0, 0.05) is 28.7 Å². The van der Waals surface area contributed by atoms with Crippen molar-refractivity contribution in [2.24, 2.45) is 0 Å². The molecule has 0 atom stereocenters. The zero-order valence-electron chi connectivity index (χ0n) is 25.6. The Morgan fingerprint density at radius 3 is 2.30 bits per heavy atom. The summed E-state index contributed by atoms with van der Waals surface area (Å²) < 4.78 is 15.7. The fourth-order valence-corrected chi connectivity index (χ4v) is 7.77. The molecule has 5 aromatic rings. The largest absolute Gasteiger partial charge is 0.334 e. The van der Waals surface area contributed by atoms with Crippen LogP contribution in [0.3, 0.4) is 0 Å². The van der Waals surface area contributed by atoms with Gasteiger partial charge in [0.05, 0.1) is 24.7 Å². The first-order chi connectivity index (χ1) is 20.7. The van der Waals surface area contributed by atoms with Gasteiger partial charge in [0.1, 0.15) is 17.2 Å². The summed E-state index contributed by atoms with van der Waals surface area (Å²) in [5.41, 5.74) is 5.10. The first-order valence-electron chi connectivity index (χ1n) is 15.3. The van der Waals surface area contributed by atoms with E-state index < -0.39 is 0 Å². The minimum Gasteiger partial charge on any atom is -0.334 e. The summed E-state index contributed by atoms with van der Waals surface area (Å²) in [5, 5.41) is 3.47. The number of thiophene rings is 1. The lowest BCUT2D eigenvalue weighted by Crippen LogP contribution is -2.47.